The first-order chi connectivity index (χ1) is 10.6. The molecule has 22 heavy (non-hydrogen) atoms. The van der Waals surface area contributed by atoms with Gasteiger partial charge in [-0.3, -0.25) is 0 Å². The van der Waals surface area contributed by atoms with Crippen LogP contribution in [0.25, 0.3) is 0 Å². The summed E-state index contributed by atoms with van der Waals surface area (Å²) in [6.45, 7) is 6.88. The minimum atomic E-state index is -0.160. The lowest BCUT2D eigenvalue weighted by molar-refractivity contribution is 0.238. The summed E-state index contributed by atoms with van der Waals surface area (Å²) in [5.74, 6) is 1.39. The Kier molecular flexibility index (Phi) is 5.64. The van der Waals surface area contributed by atoms with Crippen molar-refractivity contribution in [3.05, 3.63) is 59.5 Å². The SMILES string of the molecule is CC(C)c1ccc(C(C)NC(=O)NCCc2ccco2)cc1. The normalized spacial score (nSPS) is 12.2. The Bertz CT molecular complexity index is 574. The van der Waals surface area contributed by atoms with E-state index < -0.39 is 0 Å². The van der Waals surface area contributed by atoms with Gasteiger partial charge in [-0.05, 0) is 36.1 Å². The van der Waals surface area contributed by atoms with Crippen LogP contribution in [0.4, 0.5) is 4.79 Å². The lowest BCUT2D eigenvalue weighted by Gasteiger charge is -2.16. The van der Waals surface area contributed by atoms with E-state index in [0.29, 0.717) is 18.9 Å². The van der Waals surface area contributed by atoms with Crippen LogP contribution in [0.1, 0.15) is 49.6 Å². The molecule has 0 fully saturated rings. The fraction of sp³-hybridized carbons (Fsp3) is 0.389. The van der Waals surface area contributed by atoms with E-state index in [1.54, 1.807) is 6.26 Å². The van der Waals surface area contributed by atoms with Crippen molar-refractivity contribution in [2.24, 2.45) is 0 Å². The van der Waals surface area contributed by atoms with E-state index in [-0.39, 0.29) is 12.1 Å². The zero-order valence-corrected chi connectivity index (χ0v) is 13.4. The highest BCUT2D eigenvalue weighted by Gasteiger charge is 2.09. The molecular formula is C18H24N2O2. The molecule has 2 aromatic rings. The number of nitrogens with one attached hydrogen (secondary N) is 2. The summed E-state index contributed by atoms with van der Waals surface area (Å²) in [5, 5.41) is 5.79. The van der Waals surface area contributed by atoms with E-state index in [0.717, 1.165) is 11.3 Å². The van der Waals surface area contributed by atoms with Gasteiger partial charge in [-0.25, -0.2) is 4.79 Å². The first kappa shape index (κ1) is 16.1. The van der Waals surface area contributed by atoms with E-state index in [1.165, 1.54) is 5.56 Å². The zero-order valence-electron chi connectivity index (χ0n) is 13.4. The van der Waals surface area contributed by atoms with Gasteiger partial charge in [-0.15, -0.1) is 0 Å². The molecule has 1 aromatic carbocycles. The van der Waals surface area contributed by atoms with Gasteiger partial charge < -0.3 is 15.1 Å². The van der Waals surface area contributed by atoms with Gasteiger partial charge >= 0.3 is 6.03 Å². The summed E-state index contributed by atoms with van der Waals surface area (Å²) in [6.07, 6.45) is 2.33. The number of hydrogen-bond acceptors (Lipinski definition) is 2. The second-order valence-electron chi connectivity index (χ2n) is 5.77. The molecule has 0 saturated carbocycles. The van der Waals surface area contributed by atoms with Crippen molar-refractivity contribution in [3.8, 4) is 0 Å². The number of furan rings is 1. The molecular weight excluding hydrogens is 276 g/mol. The lowest BCUT2D eigenvalue weighted by atomic mass is 10.00. The Hall–Kier alpha value is -2.23. The molecule has 1 aromatic heterocycles. The maximum atomic E-state index is 11.9. The van der Waals surface area contributed by atoms with Crippen LogP contribution < -0.4 is 10.6 Å². The monoisotopic (exact) mass is 300 g/mol. The second kappa shape index (κ2) is 7.69. The molecule has 2 N–H and O–H groups in total. The Morgan fingerprint density at radius 1 is 1.09 bits per heavy atom. The standard InChI is InChI=1S/C18H24N2O2/c1-13(2)15-6-8-16(9-7-15)14(3)20-18(21)19-11-10-17-5-4-12-22-17/h4-9,12-14H,10-11H2,1-3H3,(H2,19,20,21). The minimum absolute atomic E-state index is 0.0233. The van der Waals surface area contributed by atoms with Crippen LogP contribution in [0, 0.1) is 0 Å². The van der Waals surface area contributed by atoms with Gasteiger partial charge in [0.15, 0.2) is 0 Å². The third kappa shape index (κ3) is 4.65. The van der Waals surface area contributed by atoms with E-state index in [4.69, 9.17) is 4.42 Å². The van der Waals surface area contributed by atoms with Gasteiger partial charge in [0.2, 0.25) is 0 Å². The molecule has 0 aliphatic heterocycles. The fourth-order valence-corrected chi connectivity index (χ4v) is 2.25. The van der Waals surface area contributed by atoms with E-state index in [9.17, 15) is 4.79 Å². The quantitative estimate of drug-likeness (QED) is 0.847. The lowest BCUT2D eigenvalue weighted by Crippen LogP contribution is -2.38. The fourth-order valence-electron chi connectivity index (χ4n) is 2.25. The van der Waals surface area contributed by atoms with Crippen LogP contribution in [0.15, 0.2) is 47.1 Å². The van der Waals surface area contributed by atoms with Crippen molar-refractivity contribution in [2.45, 2.75) is 39.2 Å². The maximum Gasteiger partial charge on any atom is 0.315 e. The van der Waals surface area contributed by atoms with Crippen LogP contribution in [0.2, 0.25) is 0 Å². The number of carbonyl (C=O) groups is 1. The van der Waals surface area contributed by atoms with Crippen molar-refractivity contribution in [3.63, 3.8) is 0 Å². The number of benzene rings is 1. The van der Waals surface area contributed by atoms with E-state index >= 15 is 0 Å². The van der Waals surface area contributed by atoms with Crippen LogP contribution >= 0.6 is 0 Å². The highest BCUT2D eigenvalue weighted by molar-refractivity contribution is 5.74. The molecule has 0 saturated heterocycles. The molecule has 2 amide bonds. The van der Waals surface area contributed by atoms with Crippen molar-refractivity contribution in [1.82, 2.24) is 10.6 Å². The van der Waals surface area contributed by atoms with Gasteiger partial charge in [-0.2, -0.15) is 0 Å². The van der Waals surface area contributed by atoms with Gasteiger partial charge in [0.05, 0.1) is 12.3 Å². The summed E-state index contributed by atoms with van der Waals surface area (Å²) >= 11 is 0. The highest BCUT2D eigenvalue weighted by atomic mass is 16.3. The zero-order chi connectivity index (χ0) is 15.9. The summed E-state index contributed by atoms with van der Waals surface area (Å²) < 4.78 is 5.22. The summed E-state index contributed by atoms with van der Waals surface area (Å²) in [6, 6.07) is 11.9. The van der Waals surface area contributed by atoms with E-state index in [1.807, 2.05) is 19.1 Å². The molecule has 1 heterocycles. The molecule has 0 aliphatic carbocycles. The number of urea groups is 1. The van der Waals surface area contributed by atoms with Gasteiger partial charge in [0.1, 0.15) is 5.76 Å². The molecule has 0 spiro atoms. The topological polar surface area (TPSA) is 54.3 Å². The Balaban J connectivity index is 1.77. The molecule has 118 valence electrons. The Morgan fingerprint density at radius 3 is 2.36 bits per heavy atom. The van der Waals surface area contributed by atoms with Gasteiger partial charge in [-0.1, -0.05) is 38.1 Å². The van der Waals surface area contributed by atoms with Crippen LogP contribution in [-0.2, 0) is 6.42 Å². The van der Waals surface area contributed by atoms with Crippen molar-refractivity contribution >= 4 is 6.03 Å². The number of amides is 2. The molecule has 0 bridgehead atoms. The minimum Gasteiger partial charge on any atom is -0.469 e. The van der Waals surface area contributed by atoms with Crippen molar-refractivity contribution in [1.29, 1.82) is 0 Å². The molecule has 4 heteroatoms. The van der Waals surface area contributed by atoms with Crippen LogP contribution in [-0.4, -0.2) is 12.6 Å². The van der Waals surface area contributed by atoms with Crippen molar-refractivity contribution < 1.29 is 9.21 Å². The molecule has 2 rings (SSSR count). The molecule has 1 atom stereocenters. The maximum absolute atomic E-state index is 11.9. The summed E-state index contributed by atoms with van der Waals surface area (Å²) in [4.78, 5) is 11.9. The first-order valence-electron chi connectivity index (χ1n) is 7.73. The average molecular weight is 300 g/mol. The van der Waals surface area contributed by atoms with Crippen LogP contribution in [0.5, 0.6) is 0 Å². The number of rotatable bonds is 6. The molecule has 0 radical (unpaired) electrons. The highest BCUT2D eigenvalue weighted by Crippen LogP contribution is 2.18. The number of carbonyl (C=O) groups excluding carboxylic acids is 1. The van der Waals surface area contributed by atoms with Crippen LogP contribution in [0.3, 0.4) is 0 Å². The van der Waals surface area contributed by atoms with Gasteiger partial charge in [0.25, 0.3) is 0 Å². The number of hydrogen-bond donors (Lipinski definition) is 2. The summed E-state index contributed by atoms with van der Waals surface area (Å²) in [7, 11) is 0. The van der Waals surface area contributed by atoms with Crippen molar-refractivity contribution in [2.75, 3.05) is 6.54 Å². The first-order valence-corrected chi connectivity index (χ1v) is 7.73. The van der Waals surface area contributed by atoms with Gasteiger partial charge in [0, 0.05) is 13.0 Å². The molecule has 1 unspecified atom stereocenters. The average Bonchev–Trinajstić information content (AvgIpc) is 3.00. The Morgan fingerprint density at radius 2 is 1.77 bits per heavy atom. The Labute approximate surface area is 131 Å². The predicted molar refractivity (Wildman–Crippen MR) is 87.9 cm³/mol. The molecule has 0 aliphatic rings. The predicted octanol–water partition coefficient (Wildman–Crippen LogP) is 4.01. The van der Waals surface area contributed by atoms with E-state index in [2.05, 4.69) is 48.7 Å². The summed E-state index contributed by atoms with van der Waals surface area (Å²) in [5.41, 5.74) is 2.41. The third-order valence-electron chi connectivity index (χ3n) is 3.69. The smallest absolute Gasteiger partial charge is 0.315 e. The largest absolute Gasteiger partial charge is 0.469 e. The third-order valence-corrected chi connectivity index (χ3v) is 3.69. The molecule has 4 nitrogen and oxygen atoms in total. The second-order valence-corrected chi connectivity index (χ2v) is 5.77.